The van der Waals surface area contributed by atoms with Crippen LogP contribution in [0, 0.1) is 0 Å². The van der Waals surface area contributed by atoms with Gasteiger partial charge in [0, 0.05) is 13.1 Å². The number of rotatable bonds is 6. The standard InChI is InChI=1S/C15H22N4O/c1-4-12-7-9-13(10-8-12)19-15(18(5-2)6-3)14(11-20)16-17-19/h7-10,20H,4-6,11H2,1-3H3. The van der Waals surface area contributed by atoms with Crippen LogP contribution in [0.1, 0.15) is 32.0 Å². The van der Waals surface area contributed by atoms with Crippen molar-refractivity contribution in [3.63, 3.8) is 0 Å². The molecule has 1 aromatic heterocycles. The van der Waals surface area contributed by atoms with Gasteiger partial charge in [-0.05, 0) is 38.0 Å². The summed E-state index contributed by atoms with van der Waals surface area (Å²) in [7, 11) is 0. The Morgan fingerprint density at radius 1 is 1.10 bits per heavy atom. The van der Waals surface area contributed by atoms with Crippen LogP contribution in [0.4, 0.5) is 5.82 Å². The molecule has 0 saturated carbocycles. The van der Waals surface area contributed by atoms with Crippen molar-refractivity contribution in [2.45, 2.75) is 33.8 Å². The fourth-order valence-electron chi connectivity index (χ4n) is 2.30. The topological polar surface area (TPSA) is 54.2 Å². The number of aliphatic hydroxyl groups is 1. The molecule has 0 aliphatic heterocycles. The van der Waals surface area contributed by atoms with E-state index < -0.39 is 0 Å². The van der Waals surface area contributed by atoms with Crippen molar-refractivity contribution in [1.82, 2.24) is 15.0 Å². The minimum Gasteiger partial charge on any atom is -0.390 e. The third kappa shape index (κ3) is 2.67. The molecule has 0 aliphatic carbocycles. The molecule has 0 bridgehead atoms. The maximum absolute atomic E-state index is 9.46. The fourth-order valence-corrected chi connectivity index (χ4v) is 2.30. The molecule has 1 heterocycles. The highest BCUT2D eigenvalue weighted by atomic mass is 16.3. The van der Waals surface area contributed by atoms with E-state index in [0.717, 1.165) is 31.0 Å². The van der Waals surface area contributed by atoms with E-state index in [1.807, 2.05) is 12.1 Å². The van der Waals surface area contributed by atoms with Gasteiger partial charge in [-0.2, -0.15) is 4.68 Å². The van der Waals surface area contributed by atoms with Gasteiger partial charge in [0.2, 0.25) is 0 Å². The molecule has 0 amide bonds. The van der Waals surface area contributed by atoms with Crippen molar-refractivity contribution in [3.05, 3.63) is 35.5 Å². The van der Waals surface area contributed by atoms with Crippen molar-refractivity contribution in [1.29, 1.82) is 0 Å². The molecule has 0 radical (unpaired) electrons. The van der Waals surface area contributed by atoms with Gasteiger partial charge in [0.1, 0.15) is 5.69 Å². The molecule has 0 unspecified atom stereocenters. The van der Waals surface area contributed by atoms with E-state index in [1.165, 1.54) is 5.56 Å². The first kappa shape index (κ1) is 14.5. The van der Waals surface area contributed by atoms with Gasteiger partial charge < -0.3 is 10.0 Å². The Labute approximate surface area is 119 Å². The summed E-state index contributed by atoms with van der Waals surface area (Å²) in [6.45, 7) is 7.91. The summed E-state index contributed by atoms with van der Waals surface area (Å²) in [6.07, 6.45) is 1.02. The van der Waals surface area contributed by atoms with Gasteiger partial charge >= 0.3 is 0 Å². The van der Waals surface area contributed by atoms with Crippen molar-refractivity contribution in [3.8, 4) is 5.69 Å². The number of aromatic nitrogens is 3. The molecule has 108 valence electrons. The van der Waals surface area contributed by atoms with Crippen molar-refractivity contribution in [2.75, 3.05) is 18.0 Å². The van der Waals surface area contributed by atoms with Crippen molar-refractivity contribution < 1.29 is 5.11 Å². The van der Waals surface area contributed by atoms with Crippen LogP contribution in [0.15, 0.2) is 24.3 Å². The monoisotopic (exact) mass is 274 g/mol. The normalized spacial score (nSPS) is 10.8. The van der Waals surface area contributed by atoms with E-state index in [-0.39, 0.29) is 6.61 Å². The Kier molecular flexibility index (Phi) is 4.74. The second-order valence-corrected chi connectivity index (χ2v) is 4.62. The summed E-state index contributed by atoms with van der Waals surface area (Å²) in [5.74, 6) is 0.877. The molecule has 0 aliphatic rings. The van der Waals surface area contributed by atoms with Crippen LogP contribution in [-0.2, 0) is 13.0 Å². The largest absolute Gasteiger partial charge is 0.390 e. The van der Waals surface area contributed by atoms with E-state index in [0.29, 0.717) is 5.69 Å². The molecule has 0 saturated heterocycles. The van der Waals surface area contributed by atoms with Crippen LogP contribution in [0.3, 0.4) is 0 Å². The summed E-state index contributed by atoms with van der Waals surface area (Å²) in [6, 6.07) is 8.28. The van der Waals surface area contributed by atoms with Gasteiger partial charge in [-0.3, -0.25) is 0 Å². The van der Waals surface area contributed by atoms with E-state index in [9.17, 15) is 5.11 Å². The molecule has 2 rings (SSSR count). The zero-order chi connectivity index (χ0) is 14.5. The third-order valence-corrected chi connectivity index (χ3v) is 3.52. The summed E-state index contributed by atoms with van der Waals surface area (Å²) in [5, 5.41) is 17.7. The van der Waals surface area contributed by atoms with Crippen LogP contribution in [0.5, 0.6) is 0 Å². The predicted octanol–water partition coefficient (Wildman–Crippen LogP) is 2.17. The maximum atomic E-state index is 9.46. The quantitative estimate of drug-likeness (QED) is 0.877. The molecule has 0 fully saturated rings. The van der Waals surface area contributed by atoms with Crippen molar-refractivity contribution >= 4 is 5.82 Å². The lowest BCUT2D eigenvalue weighted by atomic mass is 10.1. The molecule has 20 heavy (non-hydrogen) atoms. The number of nitrogens with zero attached hydrogens (tertiary/aromatic N) is 4. The van der Waals surface area contributed by atoms with E-state index in [4.69, 9.17) is 0 Å². The van der Waals surface area contributed by atoms with Crippen molar-refractivity contribution in [2.24, 2.45) is 0 Å². The molecule has 2 aromatic rings. The van der Waals surface area contributed by atoms with Gasteiger partial charge in [0.25, 0.3) is 0 Å². The number of anilines is 1. The molecular weight excluding hydrogens is 252 g/mol. The van der Waals surface area contributed by atoms with Gasteiger partial charge in [-0.15, -0.1) is 5.10 Å². The van der Waals surface area contributed by atoms with E-state index >= 15 is 0 Å². The molecule has 1 aromatic carbocycles. The smallest absolute Gasteiger partial charge is 0.158 e. The first-order valence-electron chi connectivity index (χ1n) is 7.14. The minimum atomic E-state index is -0.0983. The molecular formula is C15H22N4O. The molecule has 5 nitrogen and oxygen atoms in total. The Balaban J connectivity index is 2.47. The Morgan fingerprint density at radius 2 is 1.75 bits per heavy atom. The zero-order valence-corrected chi connectivity index (χ0v) is 12.4. The molecule has 5 heteroatoms. The Bertz CT molecular complexity index is 544. The summed E-state index contributed by atoms with van der Waals surface area (Å²) in [4.78, 5) is 2.15. The van der Waals surface area contributed by atoms with E-state index in [2.05, 4.69) is 48.1 Å². The van der Waals surface area contributed by atoms with Crippen LogP contribution in [0.25, 0.3) is 5.69 Å². The van der Waals surface area contributed by atoms with Crippen LogP contribution >= 0.6 is 0 Å². The van der Waals surface area contributed by atoms with Gasteiger partial charge in [0.05, 0.1) is 12.3 Å². The van der Waals surface area contributed by atoms with Crippen LogP contribution in [-0.4, -0.2) is 33.2 Å². The average molecular weight is 274 g/mol. The second-order valence-electron chi connectivity index (χ2n) is 4.62. The first-order chi connectivity index (χ1) is 9.74. The number of hydrogen-bond donors (Lipinski definition) is 1. The van der Waals surface area contributed by atoms with Gasteiger partial charge in [-0.25, -0.2) is 0 Å². The average Bonchev–Trinajstić information content (AvgIpc) is 2.92. The zero-order valence-electron chi connectivity index (χ0n) is 12.4. The summed E-state index contributed by atoms with van der Waals surface area (Å²) >= 11 is 0. The molecule has 1 N–H and O–H groups in total. The molecule has 0 atom stereocenters. The lowest BCUT2D eigenvalue weighted by molar-refractivity contribution is 0.277. The highest BCUT2D eigenvalue weighted by Crippen LogP contribution is 2.22. The maximum Gasteiger partial charge on any atom is 0.158 e. The summed E-state index contributed by atoms with van der Waals surface area (Å²) in [5.41, 5.74) is 2.88. The molecule has 0 spiro atoms. The lowest BCUT2D eigenvalue weighted by Gasteiger charge is -2.22. The fraction of sp³-hybridized carbons (Fsp3) is 0.467. The first-order valence-corrected chi connectivity index (χ1v) is 7.14. The third-order valence-electron chi connectivity index (χ3n) is 3.52. The Morgan fingerprint density at radius 3 is 2.25 bits per heavy atom. The van der Waals surface area contributed by atoms with Gasteiger partial charge in [-0.1, -0.05) is 24.3 Å². The Hall–Kier alpha value is -1.88. The highest BCUT2D eigenvalue weighted by Gasteiger charge is 2.18. The predicted molar refractivity (Wildman–Crippen MR) is 80.2 cm³/mol. The van der Waals surface area contributed by atoms with Crippen LogP contribution < -0.4 is 4.90 Å². The van der Waals surface area contributed by atoms with E-state index in [1.54, 1.807) is 4.68 Å². The van der Waals surface area contributed by atoms with Gasteiger partial charge in [0.15, 0.2) is 5.82 Å². The second kappa shape index (κ2) is 6.52. The van der Waals surface area contributed by atoms with Crippen LogP contribution in [0.2, 0.25) is 0 Å². The lowest BCUT2D eigenvalue weighted by Crippen LogP contribution is -2.25. The SMILES string of the molecule is CCc1ccc(-n2nnc(CO)c2N(CC)CC)cc1. The number of hydrogen-bond acceptors (Lipinski definition) is 4. The number of benzene rings is 1. The summed E-state index contributed by atoms with van der Waals surface area (Å²) < 4.78 is 1.80. The number of aliphatic hydroxyl groups excluding tert-OH is 1. The number of aryl methyl sites for hydroxylation is 1. The highest BCUT2D eigenvalue weighted by molar-refractivity contribution is 5.50. The minimum absolute atomic E-state index is 0.0983.